The first kappa shape index (κ1) is 14.8. The van der Waals surface area contributed by atoms with Gasteiger partial charge in [-0.05, 0) is 44.5 Å². The molecule has 1 aromatic rings. The molecular formula is C13H19ClN2O2S. The Morgan fingerprint density at radius 1 is 1.32 bits per heavy atom. The van der Waals surface area contributed by atoms with E-state index in [1.165, 1.54) is 4.31 Å². The Kier molecular flexibility index (Phi) is 4.50. The van der Waals surface area contributed by atoms with Gasteiger partial charge in [0.05, 0.1) is 5.02 Å². The first-order chi connectivity index (χ1) is 8.95. The zero-order valence-corrected chi connectivity index (χ0v) is 12.8. The van der Waals surface area contributed by atoms with Crippen LogP contribution in [0.1, 0.15) is 18.4 Å². The number of nitrogens with one attached hydrogen (secondary N) is 1. The highest BCUT2D eigenvalue weighted by Gasteiger charge is 2.30. The van der Waals surface area contributed by atoms with Crippen LogP contribution in [0.5, 0.6) is 0 Å². The quantitative estimate of drug-likeness (QED) is 0.929. The third-order valence-electron chi connectivity index (χ3n) is 3.57. The Bertz CT molecular complexity index is 552. The molecule has 4 nitrogen and oxygen atoms in total. The lowest BCUT2D eigenvalue weighted by Gasteiger charge is -2.31. The number of piperidine rings is 1. The van der Waals surface area contributed by atoms with Gasteiger partial charge in [0.2, 0.25) is 10.0 Å². The summed E-state index contributed by atoms with van der Waals surface area (Å²) in [6.45, 7) is 2.97. The molecule has 1 aliphatic rings. The Balaban J connectivity index is 2.23. The minimum atomic E-state index is -3.47. The molecule has 1 N–H and O–H groups in total. The SMILES string of the molecule is CNC1CCN(S(=O)(=O)c2ccc(C)cc2Cl)CC1. The number of sulfonamides is 1. The third-order valence-corrected chi connectivity index (χ3v) is 5.95. The minimum Gasteiger partial charge on any atom is -0.317 e. The first-order valence-electron chi connectivity index (χ1n) is 6.38. The monoisotopic (exact) mass is 302 g/mol. The lowest BCUT2D eigenvalue weighted by atomic mass is 10.1. The van der Waals surface area contributed by atoms with Gasteiger partial charge in [-0.25, -0.2) is 8.42 Å². The summed E-state index contributed by atoms with van der Waals surface area (Å²) in [6, 6.07) is 5.46. The summed E-state index contributed by atoms with van der Waals surface area (Å²) in [4.78, 5) is 0.211. The van der Waals surface area contributed by atoms with Gasteiger partial charge in [-0.2, -0.15) is 4.31 Å². The molecule has 0 atom stereocenters. The molecule has 0 unspecified atom stereocenters. The molecule has 0 bridgehead atoms. The summed E-state index contributed by atoms with van der Waals surface area (Å²) in [7, 11) is -1.56. The molecule has 0 spiro atoms. The number of aryl methyl sites for hydroxylation is 1. The molecule has 106 valence electrons. The molecule has 0 amide bonds. The van der Waals surface area contributed by atoms with Crippen molar-refractivity contribution < 1.29 is 8.42 Å². The van der Waals surface area contributed by atoms with E-state index in [2.05, 4.69) is 5.32 Å². The fourth-order valence-corrected chi connectivity index (χ4v) is 4.38. The van der Waals surface area contributed by atoms with Gasteiger partial charge in [0, 0.05) is 19.1 Å². The van der Waals surface area contributed by atoms with Gasteiger partial charge in [0.1, 0.15) is 4.90 Å². The maximum absolute atomic E-state index is 12.5. The number of rotatable bonds is 3. The molecule has 1 aromatic carbocycles. The van der Waals surface area contributed by atoms with Crippen molar-refractivity contribution in [3.63, 3.8) is 0 Å². The van der Waals surface area contributed by atoms with Gasteiger partial charge < -0.3 is 5.32 Å². The zero-order valence-electron chi connectivity index (χ0n) is 11.2. The molecule has 0 radical (unpaired) electrons. The molecule has 19 heavy (non-hydrogen) atoms. The molecule has 0 aromatic heterocycles. The van der Waals surface area contributed by atoms with Gasteiger partial charge in [-0.3, -0.25) is 0 Å². The molecule has 1 heterocycles. The van der Waals surface area contributed by atoms with E-state index in [9.17, 15) is 8.42 Å². The Hall–Kier alpha value is -0.620. The van der Waals surface area contributed by atoms with E-state index in [4.69, 9.17) is 11.6 Å². The van der Waals surface area contributed by atoms with Crippen molar-refractivity contribution in [1.29, 1.82) is 0 Å². The van der Waals surface area contributed by atoms with E-state index in [-0.39, 0.29) is 4.90 Å². The molecule has 1 aliphatic heterocycles. The number of hydrogen-bond donors (Lipinski definition) is 1. The van der Waals surface area contributed by atoms with Crippen LogP contribution in [0.25, 0.3) is 0 Å². The van der Waals surface area contributed by atoms with Crippen molar-refractivity contribution in [3.8, 4) is 0 Å². The van der Waals surface area contributed by atoms with Crippen LogP contribution in [0.4, 0.5) is 0 Å². The van der Waals surface area contributed by atoms with E-state index in [0.717, 1.165) is 18.4 Å². The number of nitrogens with zero attached hydrogens (tertiary/aromatic N) is 1. The van der Waals surface area contributed by atoms with Gasteiger partial charge in [-0.1, -0.05) is 17.7 Å². The average molecular weight is 303 g/mol. The van der Waals surface area contributed by atoms with Crippen LogP contribution in [0, 0.1) is 6.92 Å². The van der Waals surface area contributed by atoms with Crippen LogP contribution in [0.2, 0.25) is 5.02 Å². The van der Waals surface area contributed by atoms with Crippen molar-refractivity contribution in [1.82, 2.24) is 9.62 Å². The van der Waals surface area contributed by atoms with Crippen molar-refractivity contribution in [2.24, 2.45) is 0 Å². The minimum absolute atomic E-state index is 0.211. The second kappa shape index (κ2) is 5.79. The summed E-state index contributed by atoms with van der Waals surface area (Å²) in [6.07, 6.45) is 1.67. The Morgan fingerprint density at radius 3 is 2.47 bits per heavy atom. The highest BCUT2D eigenvalue weighted by Crippen LogP contribution is 2.27. The maximum Gasteiger partial charge on any atom is 0.244 e. The van der Waals surface area contributed by atoms with Crippen molar-refractivity contribution in [3.05, 3.63) is 28.8 Å². The van der Waals surface area contributed by atoms with Crippen LogP contribution in [0.15, 0.2) is 23.1 Å². The molecule has 1 fully saturated rings. The fourth-order valence-electron chi connectivity index (χ4n) is 2.34. The predicted octanol–water partition coefficient (Wildman–Crippen LogP) is 2.02. The second-order valence-corrected chi connectivity index (χ2v) is 7.21. The Labute approximate surface area is 119 Å². The van der Waals surface area contributed by atoms with Gasteiger partial charge >= 0.3 is 0 Å². The summed E-state index contributed by atoms with van der Waals surface area (Å²) in [5, 5.41) is 3.49. The summed E-state index contributed by atoms with van der Waals surface area (Å²) in [5.41, 5.74) is 0.956. The standard InChI is InChI=1S/C13H19ClN2O2S/c1-10-3-4-13(12(14)9-10)19(17,18)16-7-5-11(15-2)6-8-16/h3-4,9,11,15H,5-8H2,1-2H3. The Morgan fingerprint density at radius 2 is 1.95 bits per heavy atom. The van der Waals surface area contributed by atoms with Gasteiger partial charge in [0.15, 0.2) is 0 Å². The third kappa shape index (κ3) is 3.11. The van der Waals surface area contributed by atoms with E-state index in [1.54, 1.807) is 18.2 Å². The number of hydrogen-bond acceptors (Lipinski definition) is 3. The van der Waals surface area contributed by atoms with Crippen LogP contribution < -0.4 is 5.32 Å². The van der Waals surface area contributed by atoms with Crippen LogP contribution in [-0.2, 0) is 10.0 Å². The van der Waals surface area contributed by atoms with Crippen molar-refractivity contribution in [2.45, 2.75) is 30.7 Å². The normalized spacial score (nSPS) is 18.7. The fraction of sp³-hybridized carbons (Fsp3) is 0.538. The van der Waals surface area contributed by atoms with Crippen molar-refractivity contribution in [2.75, 3.05) is 20.1 Å². The molecular weight excluding hydrogens is 284 g/mol. The van der Waals surface area contributed by atoms with Gasteiger partial charge in [-0.15, -0.1) is 0 Å². The molecule has 6 heteroatoms. The van der Waals surface area contributed by atoms with Crippen LogP contribution in [-0.4, -0.2) is 38.9 Å². The lowest BCUT2D eigenvalue weighted by Crippen LogP contribution is -2.43. The van der Waals surface area contributed by atoms with E-state index < -0.39 is 10.0 Å². The summed E-state index contributed by atoms with van der Waals surface area (Å²) >= 11 is 6.07. The number of halogens is 1. The van der Waals surface area contributed by atoms with Crippen LogP contribution >= 0.6 is 11.6 Å². The summed E-state index contributed by atoms with van der Waals surface area (Å²) in [5.74, 6) is 0. The largest absolute Gasteiger partial charge is 0.317 e. The van der Waals surface area contributed by atoms with E-state index in [1.807, 2.05) is 14.0 Å². The van der Waals surface area contributed by atoms with E-state index in [0.29, 0.717) is 24.2 Å². The number of benzene rings is 1. The smallest absolute Gasteiger partial charge is 0.244 e. The highest BCUT2D eigenvalue weighted by atomic mass is 35.5. The first-order valence-corrected chi connectivity index (χ1v) is 8.20. The molecule has 2 rings (SSSR count). The highest BCUT2D eigenvalue weighted by molar-refractivity contribution is 7.89. The maximum atomic E-state index is 12.5. The van der Waals surface area contributed by atoms with Gasteiger partial charge in [0.25, 0.3) is 0 Å². The van der Waals surface area contributed by atoms with Crippen molar-refractivity contribution >= 4 is 21.6 Å². The molecule has 0 aliphatic carbocycles. The molecule has 1 saturated heterocycles. The second-order valence-electron chi connectivity index (χ2n) is 4.90. The zero-order chi connectivity index (χ0) is 14.0. The topological polar surface area (TPSA) is 49.4 Å². The summed E-state index contributed by atoms with van der Waals surface area (Å²) < 4.78 is 26.6. The predicted molar refractivity (Wildman–Crippen MR) is 77.0 cm³/mol. The molecule has 0 saturated carbocycles. The van der Waals surface area contributed by atoms with Crippen LogP contribution in [0.3, 0.4) is 0 Å². The van der Waals surface area contributed by atoms with E-state index >= 15 is 0 Å². The average Bonchev–Trinajstić information content (AvgIpc) is 2.38. The lowest BCUT2D eigenvalue weighted by molar-refractivity contribution is 0.298.